The molecule has 9 aromatic carbocycles. The second kappa shape index (κ2) is 14.7. The maximum absolute atomic E-state index is 5.24. The van der Waals surface area contributed by atoms with Crippen molar-refractivity contribution in [3.63, 3.8) is 0 Å². The van der Waals surface area contributed by atoms with Crippen molar-refractivity contribution in [3.05, 3.63) is 225 Å². The molecule has 290 valence electrons. The number of nitrogens with zero attached hydrogens (tertiary/aromatic N) is 5. The van der Waals surface area contributed by atoms with Gasteiger partial charge in [0.15, 0.2) is 17.5 Å². The normalized spacial score (nSPS) is 11.5. The second-order valence-electron chi connectivity index (χ2n) is 15.7. The van der Waals surface area contributed by atoms with Gasteiger partial charge in [0, 0.05) is 55.8 Å². The second-order valence-corrected chi connectivity index (χ2v) is 15.7. The molecule has 0 fully saturated rings. The molecule has 5 heteroatoms. The molecule has 0 aliphatic heterocycles. The number of hydrogen-bond acceptors (Lipinski definition) is 3. The fraction of sp³-hybridized carbons (Fsp3) is 0. The summed E-state index contributed by atoms with van der Waals surface area (Å²) in [5.41, 5.74) is 12.9. The molecule has 3 aromatic heterocycles. The van der Waals surface area contributed by atoms with Gasteiger partial charge in [0.2, 0.25) is 0 Å². The van der Waals surface area contributed by atoms with Crippen LogP contribution in [0.1, 0.15) is 0 Å². The molecule has 0 radical (unpaired) electrons. The first-order valence-electron chi connectivity index (χ1n) is 20.9. The van der Waals surface area contributed by atoms with Crippen LogP contribution in [0.2, 0.25) is 0 Å². The van der Waals surface area contributed by atoms with Crippen LogP contribution in [0, 0.1) is 0 Å². The Hall–Kier alpha value is -8.41. The average Bonchev–Trinajstić information content (AvgIpc) is 3.95. The highest BCUT2D eigenvalue weighted by molar-refractivity contribution is 6.23. The lowest BCUT2D eigenvalue weighted by atomic mass is 10.0. The van der Waals surface area contributed by atoms with E-state index in [9.17, 15) is 0 Å². The van der Waals surface area contributed by atoms with Gasteiger partial charge < -0.3 is 9.13 Å². The molecule has 0 aliphatic rings. The minimum absolute atomic E-state index is 0.608. The lowest BCUT2D eigenvalue weighted by Crippen LogP contribution is -2.01. The van der Waals surface area contributed by atoms with Crippen molar-refractivity contribution >= 4 is 43.5 Å². The maximum atomic E-state index is 5.24. The lowest BCUT2D eigenvalue weighted by molar-refractivity contribution is 1.07. The molecule has 0 unspecified atom stereocenters. The Morgan fingerprint density at radius 1 is 0.274 bits per heavy atom. The number of benzene rings is 9. The van der Waals surface area contributed by atoms with Crippen molar-refractivity contribution in [1.29, 1.82) is 0 Å². The monoisotopic (exact) mass is 791 g/mol. The summed E-state index contributed by atoms with van der Waals surface area (Å²) in [6.07, 6.45) is 2.18. The Balaban J connectivity index is 1.05. The van der Waals surface area contributed by atoms with E-state index in [0.29, 0.717) is 17.5 Å². The van der Waals surface area contributed by atoms with E-state index in [1.54, 1.807) is 0 Å². The van der Waals surface area contributed by atoms with Crippen molar-refractivity contribution in [1.82, 2.24) is 24.1 Å². The van der Waals surface area contributed by atoms with Crippen molar-refractivity contribution in [3.8, 4) is 67.8 Å². The molecule has 0 N–H and O–H groups in total. The third-order valence-corrected chi connectivity index (χ3v) is 12.0. The Morgan fingerprint density at radius 2 is 0.726 bits per heavy atom. The zero-order valence-electron chi connectivity index (χ0n) is 33.6. The van der Waals surface area contributed by atoms with E-state index in [2.05, 4.69) is 222 Å². The third-order valence-electron chi connectivity index (χ3n) is 12.0. The summed E-state index contributed by atoms with van der Waals surface area (Å²) in [6, 6.07) is 77.0. The van der Waals surface area contributed by atoms with Crippen LogP contribution in [0.4, 0.5) is 0 Å². The Labute approximate surface area is 358 Å². The van der Waals surface area contributed by atoms with Gasteiger partial charge in [-0.05, 0) is 82.2 Å². The zero-order chi connectivity index (χ0) is 41.0. The molecule has 5 nitrogen and oxygen atoms in total. The molecule has 0 saturated heterocycles. The Morgan fingerprint density at radius 3 is 1.37 bits per heavy atom. The molecule has 12 rings (SSSR count). The van der Waals surface area contributed by atoms with Gasteiger partial charge >= 0.3 is 0 Å². The predicted molar refractivity (Wildman–Crippen MR) is 256 cm³/mol. The first-order chi connectivity index (χ1) is 30.7. The molecule has 12 aromatic rings. The summed E-state index contributed by atoms with van der Waals surface area (Å²) in [7, 11) is 0. The van der Waals surface area contributed by atoms with Gasteiger partial charge in [0.25, 0.3) is 0 Å². The first kappa shape index (κ1) is 35.5. The molecular weight excluding hydrogens is 755 g/mol. The van der Waals surface area contributed by atoms with Crippen LogP contribution in [-0.2, 0) is 0 Å². The molecule has 0 bridgehead atoms. The standard InChI is InChI=1S/C57H37N5/c1-4-15-38(16-5-1)40-19-12-21-42(35-40)55-58-56(43-22-13-20-41(36-43)39-17-6-2-7-18-39)60-57(59-55)44-23-14-26-46(37-44)62-53-28-11-10-27-48(53)51-30-29-47-49-33-34-61(45-24-8-3-9-25-45)52(49)32-31-50(47)54(51)62/h1-37H. The molecule has 62 heavy (non-hydrogen) atoms. The average molecular weight is 792 g/mol. The van der Waals surface area contributed by atoms with Crippen LogP contribution in [0.15, 0.2) is 225 Å². The van der Waals surface area contributed by atoms with E-state index in [1.807, 2.05) is 12.1 Å². The van der Waals surface area contributed by atoms with Crippen LogP contribution >= 0.6 is 0 Å². The molecule has 3 heterocycles. The molecule has 0 amide bonds. The van der Waals surface area contributed by atoms with E-state index >= 15 is 0 Å². The smallest absolute Gasteiger partial charge is 0.164 e. The zero-order valence-corrected chi connectivity index (χ0v) is 33.6. The van der Waals surface area contributed by atoms with Gasteiger partial charge in [-0.15, -0.1) is 0 Å². The predicted octanol–water partition coefficient (Wildman–Crippen LogP) is 14.4. The Kier molecular flexibility index (Phi) is 8.42. The van der Waals surface area contributed by atoms with Gasteiger partial charge in [0.1, 0.15) is 0 Å². The summed E-state index contributed by atoms with van der Waals surface area (Å²) >= 11 is 0. The van der Waals surface area contributed by atoms with Crippen LogP contribution < -0.4 is 0 Å². The van der Waals surface area contributed by atoms with E-state index in [0.717, 1.165) is 55.8 Å². The largest absolute Gasteiger partial charge is 0.317 e. The highest BCUT2D eigenvalue weighted by Gasteiger charge is 2.19. The number of aromatic nitrogens is 5. The topological polar surface area (TPSA) is 48.5 Å². The minimum Gasteiger partial charge on any atom is -0.317 e. The van der Waals surface area contributed by atoms with Gasteiger partial charge in [-0.3, -0.25) is 0 Å². The molecule has 0 atom stereocenters. The third kappa shape index (κ3) is 6.06. The molecule has 0 aliphatic carbocycles. The van der Waals surface area contributed by atoms with E-state index < -0.39 is 0 Å². The van der Waals surface area contributed by atoms with E-state index in [1.165, 1.54) is 38.0 Å². The number of hydrogen-bond donors (Lipinski definition) is 0. The lowest BCUT2D eigenvalue weighted by Gasteiger charge is -2.13. The van der Waals surface area contributed by atoms with Gasteiger partial charge in [-0.25, -0.2) is 15.0 Å². The molecule has 0 saturated carbocycles. The summed E-state index contributed by atoms with van der Waals surface area (Å²) in [5.74, 6) is 1.84. The summed E-state index contributed by atoms with van der Waals surface area (Å²) in [4.78, 5) is 15.7. The fourth-order valence-corrected chi connectivity index (χ4v) is 9.06. The van der Waals surface area contributed by atoms with E-state index in [4.69, 9.17) is 15.0 Å². The van der Waals surface area contributed by atoms with Crippen molar-refractivity contribution in [2.45, 2.75) is 0 Å². The van der Waals surface area contributed by atoms with E-state index in [-0.39, 0.29) is 0 Å². The number of rotatable bonds is 7. The van der Waals surface area contributed by atoms with Crippen LogP contribution in [0.3, 0.4) is 0 Å². The quantitative estimate of drug-likeness (QED) is 0.162. The van der Waals surface area contributed by atoms with Crippen molar-refractivity contribution < 1.29 is 0 Å². The fourth-order valence-electron chi connectivity index (χ4n) is 9.06. The SMILES string of the molecule is c1ccc(-c2cccc(-c3nc(-c4cccc(-c5ccccc5)c4)nc(-c4cccc(-n5c6ccccc6c6ccc7c8ccn(-c9ccccc9)c8ccc7c65)c4)n3)c2)cc1. The van der Waals surface area contributed by atoms with Crippen molar-refractivity contribution in [2.24, 2.45) is 0 Å². The summed E-state index contributed by atoms with van der Waals surface area (Å²) in [6.45, 7) is 0. The first-order valence-corrected chi connectivity index (χ1v) is 20.9. The van der Waals surface area contributed by atoms with Crippen LogP contribution in [-0.4, -0.2) is 24.1 Å². The summed E-state index contributed by atoms with van der Waals surface area (Å²) < 4.78 is 4.68. The molecular formula is C57H37N5. The maximum Gasteiger partial charge on any atom is 0.164 e. The van der Waals surface area contributed by atoms with Crippen molar-refractivity contribution in [2.75, 3.05) is 0 Å². The minimum atomic E-state index is 0.608. The number of fused-ring (bicyclic) bond motifs is 7. The summed E-state index contributed by atoms with van der Waals surface area (Å²) in [5, 5.41) is 6.05. The Bertz CT molecular complexity index is 3520. The van der Waals surface area contributed by atoms with Crippen LogP contribution in [0.25, 0.3) is 111 Å². The number of para-hydroxylation sites is 2. The van der Waals surface area contributed by atoms with Gasteiger partial charge in [0.05, 0.1) is 16.6 Å². The highest BCUT2D eigenvalue weighted by Crippen LogP contribution is 2.40. The molecule has 0 spiro atoms. The van der Waals surface area contributed by atoms with Gasteiger partial charge in [-0.1, -0.05) is 164 Å². The van der Waals surface area contributed by atoms with Gasteiger partial charge in [-0.2, -0.15) is 0 Å². The highest BCUT2D eigenvalue weighted by atomic mass is 15.0. The van der Waals surface area contributed by atoms with Crippen LogP contribution in [0.5, 0.6) is 0 Å².